The molecule has 0 aliphatic carbocycles. The minimum absolute atomic E-state index is 0.365. The number of amides is 1. The maximum atomic E-state index is 12.8. The summed E-state index contributed by atoms with van der Waals surface area (Å²) in [6.07, 6.45) is 1.58. The van der Waals surface area contributed by atoms with Crippen molar-refractivity contribution in [3.05, 3.63) is 77.9 Å². The first-order chi connectivity index (χ1) is 15.1. The van der Waals surface area contributed by atoms with E-state index >= 15 is 0 Å². The molecule has 0 fully saturated rings. The van der Waals surface area contributed by atoms with Gasteiger partial charge in [-0.2, -0.15) is 5.10 Å². The van der Waals surface area contributed by atoms with Crippen molar-refractivity contribution in [1.82, 2.24) is 5.43 Å². The van der Waals surface area contributed by atoms with Crippen molar-refractivity contribution in [2.75, 3.05) is 21.3 Å². The lowest BCUT2D eigenvalue weighted by atomic mass is 10.0. The highest BCUT2D eigenvalue weighted by molar-refractivity contribution is 6.05. The maximum absolute atomic E-state index is 12.8. The zero-order chi connectivity index (χ0) is 21.8. The molecule has 6 nitrogen and oxygen atoms in total. The highest BCUT2D eigenvalue weighted by Crippen LogP contribution is 2.30. The zero-order valence-electron chi connectivity index (χ0n) is 17.5. The van der Waals surface area contributed by atoms with E-state index in [1.165, 1.54) is 0 Å². The summed E-state index contributed by atoms with van der Waals surface area (Å²) < 4.78 is 16.2. The monoisotopic (exact) mass is 414 g/mol. The molecule has 0 saturated heterocycles. The van der Waals surface area contributed by atoms with E-state index in [-0.39, 0.29) is 5.91 Å². The first kappa shape index (κ1) is 20.2. The van der Waals surface area contributed by atoms with Gasteiger partial charge in [-0.1, -0.05) is 36.4 Å². The van der Waals surface area contributed by atoms with Crippen LogP contribution in [-0.4, -0.2) is 33.5 Å². The number of benzene rings is 4. The number of hydrogen-bond acceptors (Lipinski definition) is 5. The Bertz CT molecular complexity index is 1290. The fraction of sp³-hybridized carbons (Fsp3) is 0.120. The van der Waals surface area contributed by atoms with Gasteiger partial charge in [0.1, 0.15) is 17.2 Å². The molecule has 4 aromatic carbocycles. The molecule has 0 heterocycles. The van der Waals surface area contributed by atoms with Crippen LogP contribution in [0, 0.1) is 0 Å². The topological polar surface area (TPSA) is 69.2 Å². The molecule has 0 aliphatic rings. The quantitative estimate of drug-likeness (QED) is 0.364. The second-order valence-corrected chi connectivity index (χ2v) is 6.87. The standard InChI is InChI=1S/C25H22N2O4/c1-29-19-10-8-16-9-11-23(30-2)22(20(16)14-19)15-26-27-25(28)21-12-17-6-4-5-7-18(17)13-24(21)31-3/h4-15H,1-3H3,(H,27,28). The average molecular weight is 414 g/mol. The number of hydrazone groups is 1. The molecule has 0 spiro atoms. The van der Waals surface area contributed by atoms with Crippen LogP contribution < -0.4 is 19.6 Å². The Morgan fingerprint density at radius 2 is 1.52 bits per heavy atom. The molecule has 4 aromatic rings. The molecule has 0 bridgehead atoms. The van der Waals surface area contributed by atoms with Gasteiger partial charge in [0.05, 0.1) is 33.1 Å². The smallest absolute Gasteiger partial charge is 0.275 e. The normalized spacial score (nSPS) is 11.1. The van der Waals surface area contributed by atoms with Gasteiger partial charge < -0.3 is 14.2 Å². The van der Waals surface area contributed by atoms with Gasteiger partial charge >= 0.3 is 0 Å². The maximum Gasteiger partial charge on any atom is 0.275 e. The van der Waals surface area contributed by atoms with Crippen LogP contribution in [0.2, 0.25) is 0 Å². The molecule has 156 valence electrons. The molecule has 0 saturated carbocycles. The minimum atomic E-state index is -0.365. The van der Waals surface area contributed by atoms with Crippen LogP contribution in [0.4, 0.5) is 0 Å². The molecule has 31 heavy (non-hydrogen) atoms. The molecule has 0 unspecified atom stereocenters. The van der Waals surface area contributed by atoms with E-state index < -0.39 is 0 Å². The van der Waals surface area contributed by atoms with Gasteiger partial charge in [0.25, 0.3) is 5.91 Å². The molecule has 4 rings (SSSR count). The van der Waals surface area contributed by atoms with Crippen molar-refractivity contribution in [3.8, 4) is 17.2 Å². The first-order valence-electron chi connectivity index (χ1n) is 9.69. The van der Waals surface area contributed by atoms with Gasteiger partial charge in [-0.15, -0.1) is 0 Å². The van der Waals surface area contributed by atoms with Gasteiger partial charge in [-0.25, -0.2) is 5.43 Å². The van der Waals surface area contributed by atoms with E-state index in [0.29, 0.717) is 17.1 Å². The van der Waals surface area contributed by atoms with Gasteiger partial charge in [0, 0.05) is 5.56 Å². The lowest BCUT2D eigenvalue weighted by Gasteiger charge is -2.11. The summed E-state index contributed by atoms with van der Waals surface area (Å²) in [4.78, 5) is 12.8. The molecule has 0 aliphatic heterocycles. The van der Waals surface area contributed by atoms with E-state index in [4.69, 9.17) is 14.2 Å². The second-order valence-electron chi connectivity index (χ2n) is 6.87. The van der Waals surface area contributed by atoms with Crippen LogP contribution in [0.25, 0.3) is 21.5 Å². The predicted molar refractivity (Wildman–Crippen MR) is 123 cm³/mol. The van der Waals surface area contributed by atoms with Crippen LogP contribution in [0.1, 0.15) is 15.9 Å². The number of carbonyl (C=O) groups is 1. The number of hydrogen-bond donors (Lipinski definition) is 1. The van der Waals surface area contributed by atoms with Crippen LogP contribution in [-0.2, 0) is 0 Å². The number of rotatable bonds is 6. The number of nitrogens with zero attached hydrogens (tertiary/aromatic N) is 1. The van der Waals surface area contributed by atoms with Crippen molar-refractivity contribution in [3.63, 3.8) is 0 Å². The fourth-order valence-electron chi connectivity index (χ4n) is 3.52. The van der Waals surface area contributed by atoms with Crippen LogP contribution in [0.5, 0.6) is 17.2 Å². The summed E-state index contributed by atoms with van der Waals surface area (Å²) in [5.74, 6) is 1.48. The van der Waals surface area contributed by atoms with Crippen molar-refractivity contribution in [1.29, 1.82) is 0 Å². The molecule has 1 N–H and O–H groups in total. The van der Waals surface area contributed by atoms with E-state index in [2.05, 4.69) is 10.5 Å². The summed E-state index contributed by atoms with van der Waals surface area (Å²) >= 11 is 0. The third kappa shape index (κ3) is 4.00. The van der Waals surface area contributed by atoms with E-state index in [1.54, 1.807) is 33.6 Å². The van der Waals surface area contributed by atoms with Crippen LogP contribution in [0.15, 0.2) is 71.8 Å². The van der Waals surface area contributed by atoms with Crippen LogP contribution in [0.3, 0.4) is 0 Å². The van der Waals surface area contributed by atoms with Gasteiger partial charge in [-0.05, 0) is 51.9 Å². The third-order valence-electron chi connectivity index (χ3n) is 5.12. The Labute approximate surface area is 180 Å². The number of fused-ring (bicyclic) bond motifs is 2. The molecule has 0 aromatic heterocycles. The summed E-state index contributed by atoms with van der Waals surface area (Å²) in [6, 6.07) is 21.0. The number of methoxy groups -OCH3 is 3. The molecule has 0 atom stereocenters. The van der Waals surface area contributed by atoms with Gasteiger partial charge in [0.15, 0.2) is 0 Å². The van der Waals surface area contributed by atoms with Gasteiger partial charge in [0.2, 0.25) is 0 Å². The number of nitrogens with one attached hydrogen (secondary N) is 1. The summed E-state index contributed by atoms with van der Waals surface area (Å²) in [5.41, 5.74) is 3.74. The molecule has 1 amide bonds. The first-order valence-corrected chi connectivity index (χ1v) is 9.69. The highest BCUT2D eigenvalue weighted by atomic mass is 16.5. The van der Waals surface area contributed by atoms with E-state index in [1.807, 2.05) is 60.7 Å². The predicted octanol–water partition coefficient (Wildman–Crippen LogP) is 4.78. The highest BCUT2D eigenvalue weighted by Gasteiger charge is 2.14. The Balaban J connectivity index is 1.66. The van der Waals surface area contributed by atoms with Crippen molar-refractivity contribution >= 4 is 33.7 Å². The average Bonchev–Trinajstić information content (AvgIpc) is 2.82. The zero-order valence-corrected chi connectivity index (χ0v) is 17.5. The molecule has 6 heteroatoms. The Kier molecular flexibility index (Phi) is 5.71. The SMILES string of the molecule is COc1ccc2ccc(OC)c(C=NNC(=O)c3cc4ccccc4cc3OC)c2c1. The number of carbonyl (C=O) groups excluding carboxylic acids is 1. The fourth-order valence-corrected chi connectivity index (χ4v) is 3.52. The Morgan fingerprint density at radius 1 is 0.806 bits per heavy atom. The molecular weight excluding hydrogens is 392 g/mol. The minimum Gasteiger partial charge on any atom is -0.497 e. The summed E-state index contributed by atoms with van der Waals surface area (Å²) in [5, 5.41) is 8.03. The van der Waals surface area contributed by atoms with Crippen molar-refractivity contribution in [2.24, 2.45) is 5.10 Å². The molecular formula is C25H22N2O4. The lowest BCUT2D eigenvalue weighted by Crippen LogP contribution is -2.18. The second kappa shape index (κ2) is 8.75. The Hall–Kier alpha value is -4.06. The van der Waals surface area contributed by atoms with E-state index in [0.717, 1.165) is 32.9 Å². The lowest BCUT2D eigenvalue weighted by molar-refractivity contribution is 0.0952. The van der Waals surface area contributed by atoms with Gasteiger partial charge in [-0.3, -0.25) is 4.79 Å². The number of ether oxygens (including phenoxy) is 3. The molecule has 0 radical (unpaired) electrons. The summed E-state index contributed by atoms with van der Waals surface area (Å²) in [6.45, 7) is 0. The largest absolute Gasteiger partial charge is 0.497 e. The van der Waals surface area contributed by atoms with Crippen LogP contribution >= 0.6 is 0 Å². The summed E-state index contributed by atoms with van der Waals surface area (Å²) in [7, 11) is 4.75. The van der Waals surface area contributed by atoms with Crippen molar-refractivity contribution in [2.45, 2.75) is 0 Å². The Morgan fingerprint density at radius 3 is 2.23 bits per heavy atom. The van der Waals surface area contributed by atoms with E-state index in [9.17, 15) is 4.79 Å². The van der Waals surface area contributed by atoms with Crippen molar-refractivity contribution < 1.29 is 19.0 Å². The third-order valence-corrected chi connectivity index (χ3v) is 5.12.